The first-order valence-corrected chi connectivity index (χ1v) is 5.05. The molecule has 0 radical (unpaired) electrons. The summed E-state index contributed by atoms with van der Waals surface area (Å²) in [5, 5.41) is 3.17. The predicted octanol–water partition coefficient (Wildman–Crippen LogP) is 1.25. The van der Waals surface area contributed by atoms with Crippen LogP contribution in [0.15, 0.2) is 4.79 Å². The summed E-state index contributed by atoms with van der Waals surface area (Å²) in [7, 11) is 0. The minimum Gasteiger partial charge on any atom is -0.370 e. The third kappa shape index (κ3) is 1.52. The number of aromatic nitrogens is 2. The molecular weight excluding hydrogens is 178 g/mol. The maximum atomic E-state index is 11.7. The Balaban J connectivity index is 2.52. The van der Waals surface area contributed by atoms with Gasteiger partial charge < -0.3 is 10.3 Å². The maximum absolute atomic E-state index is 11.7. The van der Waals surface area contributed by atoms with Crippen LogP contribution in [0.5, 0.6) is 0 Å². The van der Waals surface area contributed by atoms with Crippen molar-refractivity contribution in [3.05, 3.63) is 21.7 Å². The number of anilines is 1. The smallest absolute Gasteiger partial charge is 0.256 e. The van der Waals surface area contributed by atoms with Gasteiger partial charge in [0.05, 0.1) is 5.56 Å². The van der Waals surface area contributed by atoms with Gasteiger partial charge in [0, 0.05) is 12.5 Å². The first kappa shape index (κ1) is 9.24. The third-order valence-electron chi connectivity index (χ3n) is 2.48. The summed E-state index contributed by atoms with van der Waals surface area (Å²) in [6.07, 6.45) is 1.85. The molecule has 0 fully saturated rings. The fourth-order valence-electron chi connectivity index (χ4n) is 1.64. The van der Waals surface area contributed by atoms with Gasteiger partial charge in [-0.1, -0.05) is 13.8 Å². The molecule has 4 heteroatoms. The van der Waals surface area contributed by atoms with Crippen molar-refractivity contribution in [2.45, 2.75) is 32.6 Å². The molecule has 14 heavy (non-hydrogen) atoms. The quantitative estimate of drug-likeness (QED) is 0.705. The molecule has 2 N–H and O–H groups in total. The molecule has 2 rings (SSSR count). The van der Waals surface area contributed by atoms with E-state index in [-0.39, 0.29) is 11.5 Å². The van der Waals surface area contributed by atoms with E-state index in [0.717, 1.165) is 36.6 Å². The van der Waals surface area contributed by atoms with Crippen LogP contribution in [-0.4, -0.2) is 16.5 Å². The lowest BCUT2D eigenvalue weighted by atomic mass is 10.1. The van der Waals surface area contributed by atoms with Crippen LogP contribution in [0.1, 0.15) is 37.6 Å². The average molecular weight is 193 g/mol. The second-order valence-electron chi connectivity index (χ2n) is 3.96. The van der Waals surface area contributed by atoms with Gasteiger partial charge in [0.1, 0.15) is 11.6 Å². The molecule has 0 bridgehead atoms. The van der Waals surface area contributed by atoms with Crippen LogP contribution in [0.4, 0.5) is 5.82 Å². The van der Waals surface area contributed by atoms with E-state index in [2.05, 4.69) is 15.3 Å². The van der Waals surface area contributed by atoms with E-state index in [1.54, 1.807) is 0 Å². The minimum atomic E-state index is 0.0194. The summed E-state index contributed by atoms with van der Waals surface area (Å²) < 4.78 is 0. The predicted molar refractivity (Wildman–Crippen MR) is 55.8 cm³/mol. The Morgan fingerprint density at radius 1 is 1.43 bits per heavy atom. The van der Waals surface area contributed by atoms with E-state index < -0.39 is 0 Å². The monoisotopic (exact) mass is 193 g/mol. The van der Waals surface area contributed by atoms with Crippen LogP contribution in [0.3, 0.4) is 0 Å². The van der Waals surface area contributed by atoms with Crippen molar-refractivity contribution in [2.75, 3.05) is 11.9 Å². The van der Waals surface area contributed by atoms with Crippen molar-refractivity contribution in [3.63, 3.8) is 0 Å². The van der Waals surface area contributed by atoms with Gasteiger partial charge in [-0.3, -0.25) is 4.79 Å². The van der Waals surface area contributed by atoms with Crippen LogP contribution in [0, 0.1) is 0 Å². The van der Waals surface area contributed by atoms with Crippen LogP contribution in [0.25, 0.3) is 0 Å². The van der Waals surface area contributed by atoms with E-state index in [9.17, 15) is 4.79 Å². The Bertz CT molecular complexity index is 395. The Morgan fingerprint density at radius 3 is 2.93 bits per heavy atom. The number of nitrogens with one attached hydrogen (secondary N) is 2. The molecule has 2 heterocycles. The molecule has 0 amide bonds. The fraction of sp³-hybridized carbons (Fsp3) is 0.600. The average Bonchev–Trinajstić information content (AvgIpc) is 2.17. The van der Waals surface area contributed by atoms with Crippen molar-refractivity contribution in [2.24, 2.45) is 0 Å². The highest BCUT2D eigenvalue weighted by Crippen LogP contribution is 2.17. The highest BCUT2D eigenvalue weighted by molar-refractivity contribution is 5.45. The molecule has 1 aliphatic heterocycles. The molecule has 0 unspecified atom stereocenters. The molecule has 1 aromatic heterocycles. The lowest BCUT2D eigenvalue weighted by Gasteiger charge is -2.17. The molecule has 0 saturated heterocycles. The SMILES string of the molecule is CC(C)c1nc2c(c(=O)[nH]1)CCCN2. The number of hydrogen-bond donors (Lipinski definition) is 2. The van der Waals surface area contributed by atoms with Crippen LogP contribution in [0.2, 0.25) is 0 Å². The van der Waals surface area contributed by atoms with Gasteiger partial charge in [0.25, 0.3) is 5.56 Å². The highest BCUT2D eigenvalue weighted by Gasteiger charge is 2.15. The zero-order valence-electron chi connectivity index (χ0n) is 8.55. The van der Waals surface area contributed by atoms with Gasteiger partial charge >= 0.3 is 0 Å². The topological polar surface area (TPSA) is 57.8 Å². The zero-order valence-corrected chi connectivity index (χ0v) is 8.55. The summed E-state index contributed by atoms with van der Waals surface area (Å²) in [4.78, 5) is 18.9. The molecule has 4 nitrogen and oxygen atoms in total. The first-order chi connectivity index (χ1) is 6.68. The van der Waals surface area contributed by atoms with Gasteiger partial charge in [-0.25, -0.2) is 4.98 Å². The molecule has 0 aromatic carbocycles. The molecular formula is C10H15N3O. The van der Waals surface area contributed by atoms with Crippen LogP contribution < -0.4 is 10.9 Å². The number of H-pyrrole nitrogens is 1. The Kier molecular flexibility index (Phi) is 2.27. The van der Waals surface area contributed by atoms with Crippen molar-refractivity contribution in [3.8, 4) is 0 Å². The van der Waals surface area contributed by atoms with Crippen molar-refractivity contribution < 1.29 is 0 Å². The molecule has 0 saturated carbocycles. The third-order valence-corrected chi connectivity index (χ3v) is 2.48. The fourth-order valence-corrected chi connectivity index (χ4v) is 1.64. The largest absolute Gasteiger partial charge is 0.370 e. The maximum Gasteiger partial charge on any atom is 0.256 e. The van der Waals surface area contributed by atoms with Gasteiger partial charge in [-0.2, -0.15) is 0 Å². The number of fused-ring (bicyclic) bond motifs is 1. The van der Waals surface area contributed by atoms with E-state index >= 15 is 0 Å². The summed E-state index contributed by atoms with van der Waals surface area (Å²) in [6, 6.07) is 0. The highest BCUT2D eigenvalue weighted by atomic mass is 16.1. The number of rotatable bonds is 1. The van der Waals surface area contributed by atoms with Crippen molar-refractivity contribution in [1.82, 2.24) is 9.97 Å². The zero-order chi connectivity index (χ0) is 10.1. The van der Waals surface area contributed by atoms with E-state index in [4.69, 9.17) is 0 Å². The van der Waals surface area contributed by atoms with Crippen molar-refractivity contribution >= 4 is 5.82 Å². The Morgan fingerprint density at radius 2 is 2.21 bits per heavy atom. The van der Waals surface area contributed by atoms with E-state index in [1.807, 2.05) is 13.8 Å². The van der Waals surface area contributed by atoms with Crippen LogP contribution in [-0.2, 0) is 6.42 Å². The van der Waals surface area contributed by atoms with E-state index in [1.165, 1.54) is 0 Å². The lowest BCUT2D eigenvalue weighted by Crippen LogP contribution is -2.25. The molecule has 0 spiro atoms. The second-order valence-corrected chi connectivity index (χ2v) is 3.96. The standard InChI is InChI=1S/C10H15N3O/c1-6(2)8-12-9-7(10(14)13-8)4-3-5-11-9/h6H,3-5H2,1-2H3,(H2,11,12,13,14). The number of aromatic amines is 1. The van der Waals surface area contributed by atoms with Gasteiger partial charge in [-0.05, 0) is 12.8 Å². The summed E-state index contributed by atoms with van der Waals surface area (Å²) >= 11 is 0. The molecule has 76 valence electrons. The summed E-state index contributed by atoms with van der Waals surface area (Å²) in [5.41, 5.74) is 0.826. The Labute approximate surface area is 82.8 Å². The van der Waals surface area contributed by atoms with Gasteiger partial charge in [0.2, 0.25) is 0 Å². The number of nitrogens with zero attached hydrogens (tertiary/aromatic N) is 1. The first-order valence-electron chi connectivity index (χ1n) is 5.05. The molecule has 1 aromatic rings. The van der Waals surface area contributed by atoms with Gasteiger partial charge in [-0.15, -0.1) is 0 Å². The second kappa shape index (κ2) is 3.44. The summed E-state index contributed by atoms with van der Waals surface area (Å²) in [6.45, 7) is 4.96. The number of hydrogen-bond acceptors (Lipinski definition) is 3. The lowest BCUT2D eigenvalue weighted by molar-refractivity contribution is 0.732. The summed E-state index contributed by atoms with van der Waals surface area (Å²) in [5.74, 6) is 1.81. The van der Waals surface area contributed by atoms with Crippen molar-refractivity contribution in [1.29, 1.82) is 0 Å². The minimum absolute atomic E-state index is 0.0194. The van der Waals surface area contributed by atoms with Gasteiger partial charge in [0.15, 0.2) is 0 Å². The molecule has 0 aliphatic carbocycles. The molecule has 0 atom stereocenters. The Hall–Kier alpha value is -1.32. The van der Waals surface area contributed by atoms with Crippen LogP contribution >= 0.6 is 0 Å². The molecule has 1 aliphatic rings. The van der Waals surface area contributed by atoms with E-state index in [0.29, 0.717) is 0 Å². The normalized spacial score (nSPS) is 15.1.